The summed E-state index contributed by atoms with van der Waals surface area (Å²) in [5, 5.41) is 2.71. The molecule has 0 heteroatoms. The van der Waals surface area contributed by atoms with Crippen LogP contribution in [0.3, 0.4) is 0 Å². The first-order chi connectivity index (χ1) is 12.6. The van der Waals surface area contributed by atoms with Crippen LogP contribution >= 0.6 is 0 Å². The molecule has 0 spiro atoms. The van der Waals surface area contributed by atoms with Crippen molar-refractivity contribution in [1.29, 1.82) is 0 Å². The fourth-order valence-electron chi connectivity index (χ4n) is 5.60. The second-order valence-corrected chi connectivity index (χ2v) is 8.11. The van der Waals surface area contributed by atoms with Gasteiger partial charge in [-0.15, -0.1) is 0 Å². The second kappa shape index (κ2) is 5.49. The Bertz CT molecular complexity index is 1020. The Labute approximate surface area is 155 Å². The van der Waals surface area contributed by atoms with E-state index in [4.69, 9.17) is 0 Å². The molecule has 0 radical (unpaired) electrons. The molecule has 2 aromatic rings. The summed E-state index contributed by atoms with van der Waals surface area (Å²) in [7, 11) is 0. The van der Waals surface area contributed by atoms with Crippen LogP contribution in [0.1, 0.15) is 50.7 Å². The summed E-state index contributed by atoms with van der Waals surface area (Å²) in [6.07, 6.45) is 4.32. The zero-order chi connectivity index (χ0) is 18.0. The predicted molar refractivity (Wildman–Crippen MR) is 109 cm³/mol. The smallest absolute Gasteiger partial charge is 0.00384 e. The van der Waals surface area contributed by atoms with E-state index in [1.54, 1.807) is 11.1 Å². The molecule has 2 aromatic carbocycles. The molecule has 0 fully saturated rings. The molecule has 0 aliphatic heterocycles. The molecule has 4 unspecified atom stereocenters. The van der Waals surface area contributed by atoms with Crippen LogP contribution in [-0.2, 0) is 0 Å². The SMILES string of the molecule is CC1C2=C(C=C=C=C2)C(C)C2=C1C(C)c1cc3ccccc3cc1C2C. The lowest BCUT2D eigenvalue weighted by Crippen LogP contribution is -2.29. The minimum atomic E-state index is 0.458. The molecule has 4 atom stereocenters. The second-order valence-electron chi connectivity index (χ2n) is 8.11. The monoisotopic (exact) mass is 336 g/mol. The third-order valence-corrected chi connectivity index (χ3v) is 6.89. The van der Waals surface area contributed by atoms with Gasteiger partial charge in [0.05, 0.1) is 0 Å². The zero-order valence-corrected chi connectivity index (χ0v) is 15.9. The molecule has 0 saturated carbocycles. The van der Waals surface area contributed by atoms with Gasteiger partial charge in [-0.3, -0.25) is 0 Å². The summed E-state index contributed by atoms with van der Waals surface area (Å²) in [5.74, 6) is 1.85. The maximum Gasteiger partial charge on any atom is 0.00384 e. The van der Waals surface area contributed by atoms with E-state index < -0.39 is 0 Å². The van der Waals surface area contributed by atoms with E-state index in [0.717, 1.165) is 0 Å². The van der Waals surface area contributed by atoms with Gasteiger partial charge < -0.3 is 0 Å². The van der Waals surface area contributed by atoms with Gasteiger partial charge in [0, 0.05) is 23.7 Å². The van der Waals surface area contributed by atoms with Crippen LogP contribution in [0.15, 0.2) is 82.3 Å². The number of hydrogen-bond acceptors (Lipinski definition) is 0. The molecule has 5 rings (SSSR count). The first-order valence-electron chi connectivity index (χ1n) is 9.76. The van der Waals surface area contributed by atoms with E-state index in [2.05, 4.69) is 87.7 Å². The Morgan fingerprint density at radius 2 is 1.04 bits per heavy atom. The fraction of sp³-hybridized carbons (Fsp3) is 0.308. The zero-order valence-electron chi connectivity index (χ0n) is 15.9. The molecule has 3 aliphatic carbocycles. The van der Waals surface area contributed by atoms with Gasteiger partial charge >= 0.3 is 0 Å². The Balaban J connectivity index is 1.73. The molecular weight excluding hydrogens is 312 g/mol. The van der Waals surface area contributed by atoms with Crippen molar-refractivity contribution < 1.29 is 0 Å². The van der Waals surface area contributed by atoms with Crippen LogP contribution in [0.2, 0.25) is 0 Å². The van der Waals surface area contributed by atoms with Crippen molar-refractivity contribution in [3.63, 3.8) is 0 Å². The summed E-state index contributed by atoms with van der Waals surface area (Å²) in [4.78, 5) is 0. The Hall–Kier alpha value is -2.52. The average molecular weight is 336 g/mol. The van der Waals surface area contributed by atoms with Crippen LogP contribution in [0.5, 0.6) is 0 Å². The van der Waals surface area contributed by atoms with E-state index in [0.29, 0.717) is 23.7 Å². The number of benzene rings is 2. The molecule has 0 amide bonds. The summed E-state index contributed by atoms with van der Waals surface area (Å²) < 4.78 is 0. The summed E-state index contributed by atoms with van der Waals surface area (Å²) in [5.41, 5.74) is 15.6. The van der Waals surface area contributed by atoms with Crippen molar-refractivity contribution in [3.8, 4) is 0 Å². The topological polar surface area (TPSA) is 0 Å². The molecule has 3 aliphatic rings. The first kappa shape index (κ1) is 15.7. The van der Waals surface area contributed by atoms with Gasteiger partial charge in [-0.05, 0) is 45.2 Å². The van der Waals surface area contributed by atoms with Gasteiger partial charge in [0.15, 0.2) is 0 Å². The lowest BCUT2D eigenvalue weighted by Gasteiger charge is -2.43. The largest absolute Gasteiger partial charge is 0.0699 e. The van der Waals surface area contributed by atoms with Crippen LogP contribution in [0.4, 0.5) is 0 Å². The van der Waals surface area contributed by atoms with Gasteiger partial charge in [0.1, 0.15) is 0 Å². The Morgan fingerprint density at radius 3 is 1.46 bits per heavy atom. The summed E-state index contributed by atoms with van der Waals surface area (Å²) in [6.45, 7) is 9.57. The first-order valence-corrected chi connectivity index (χ1v) is 9.76. The predicted octanol–water partition coefficient (Wildman–Crippen LogP) is 6.82. The van der Waals surface area contributed by atoms with Crippen LogP contribution in [-0.4, -0.2) is 0 Å². The maximum absolute atomic E-state index is 3.19. The molecule has 0 bridgehead atoms. The minimum Gasteiger partial charge on any atom is -0.0699 e. The standard InChI is InChI=1S/C26H24/c1-15-21-11-7-8-12-22(21)16(2)26-18(4)24-14-20-10-6-5-9-19(20)13-23(24)17(3)25(15)26/h5-6,9-18H,1-4H3. The molecule has 0 heterocycles. The molecule has 0 saturated heterocycles. The Kier molecular flexibility index (Phi) is 3.32. The van der Waals surface area contributed by atoms with Crippen LogP contribution in [0.25, 0.3) is 10.8 Å². The van der Waals surface area contributed by atoms with Crippen molar-refractivity contribution in [3.05, 3.63) is 93.4 Å². The lowest BCUT2D eigenvalue weighted by molar-refractivity contribution is 0.563. The van der Waals surface area contributed by atoms with Crippen molar-refractivity contribution in [1.82, 2.24) is 0 Å². The summed E-state index contributed by atoms with van der Waals surface area (Å²) >= 11 is 0. The van der Waals surface area contributed by atoms with Gasteiger partial charge in [-0.25, -0.2) is 0 Å². The van der Waals surface area contributed by atoms with Crippen molar-refractivity contribution in [2.75, 3.05) is 0 Å². The molecule has 26 heavy (non-hydrogen) atoms. The quantitative estimate of drug-likeness (QED) is 0.366. The van der Waals surface area contributed by atoms with Crippen molar-refractivity contribution in [2.45, 2.75) is 39.5 Å². The summed E-state index contributed by atoms with van der Waals surface area (Å²) in [6, 6.07) is 13.6. The third-order valence-electron chi connectivity index (χ3n) is 6.89. The highest BCUT2D eigenvalue weighted by Crippen LogP contribution is 2.54. The highest BCUT2D eigenvalue weighted by molar-refractivity contribution is 5.85. The molecule has 128 valence electrons. The normalized spacial score (nSPS) is 29.1. The third kappa shape index (κ3) is 1.98. The number of hydrogen-bond donors (Lipinski definition) is 0. The molecule has 0 N–H and O–H groups in total. The minimum absolute atomic E-state index is 0.458. The van der Waals surface area contributed by atoms with Crippen LogP contribution in [0, 0.1) is 11.8 Å². The van der Waals surface area contributed by atoms with Gasteiger partial charge in [0.2, 0.25) is 0 Å². The highest BCUT2D eigenvalue weighted by Gasteiger charge is 2.39. The van der Waals surface area contributed by atoms with Gasteiger partial charge in [-0.1, -0.05) is 86.7 Å². The van der Waals surface area contributed by atoms with E-state index in [9.17, 15) is 0 Å². The lowest BCUT2D eigenvalue weighted by atomic mass is 9.61. The molecular formula is C26H24. The van der Waals surface area contributed by atoms with E-state index in [1.807, 2.05) is 0 Å². The number of fused-ring (bicyclic) bond motifs is 2. The Morgan fingerprint density at radius 1 is 0.615 bits per heavy atom. The van der Waals surface area contributed by atoms with E-state index in [1.165, 1.54) is 33.0 Å². The van der Waals surface area contributed by atoms with Crippen LogP contribution < -0.4 is 0 Å². The van der Waals surface area contributed by atoms with Gasteiger partial charge in [-0.2, -0.15) is 0 Å². The highest BCUT2D eigenvalue weighted by atomic mass is 14.4. The van der Waals surface area contributed by atoms with Crippen molar-refractivity contribution >= 4 is 10.8 Å². The molecule has 0 nitrogen and oxygen atoms in total. The molecule has 0 aromatic heterocycles. The van der Waals surface area contributed by atoms with Gasteiger partial charge in [0.25, 0.3) is 0 Å². The van der Waals surface area contributed by atoms with Crippen molar-refractivity contribution in [2.24, 2.45) is 11.8 Å². The number of allylic oxidation sites excluding steroid dienone is 6. The fourth-order valence-corrected chi connectivity index (χ4v) is 5.60. The number of rotatable bonds is 0. The van der Waals surface area contributed by atoms with E-state index in [-0.39, 0.29) is 0 Å². The maximum atomic E-state index is 3.19. The average Bonchev–Trinajstić information content (AvgIpc) is 2.67. The van der Waals surface area contributed by atoms with E-state index >= 15 is 0 Å².